The largest absolute Gasteiger partial charge is 0.478 e. The molecule has 0 bridgehead atoms. The molecule has 1 N–H and O–H groups in total. The van der Waals surface area contributed by atoms with Gasteiger partial charge in [0.15, 0.2) is 0 Å². The van der Waals surface area contributed by atoms with E-state index in [9.17, 15) is 22.4 Å². The smallest absolute Gasteiger partial charge is 0.365 e. The molecule has 100 valence electrons. The van der Waals surface area contributed by atoms with Crippen LogP contribution in [0.3, 0.4) is 0 Å². The van der Waals surface area contributed by atoms with Crippen LogP contribution in [0.5, 0.6) is 0 Å². The number of nitrogens with zero attached hydrogens (tertiary/aromatic N) is 1. The van der Waals surface area contributed by atoms with Crippen molar-refractivity contribution in [2.75, 3.05) is 0 Å². The Kier molecular flexibility index (Phi) is 3.58. The number of aromatic carboxylic acids is 1. The van der Waals surface area contributed by atoms with Crippen LogP contribution in [0.4, 0.5) is 17.6 Å². The van der Waals surface area contributed by atoms with Crippen molar-refractivity contribution in [2.24, 2.45) is 0 Å². The summed E-state index contributed by atoms with van der Waals surface area (Å²) in [5.74, 6) is -5.18. The van der Waals surface area contributed by atoms with Crippen molar-refractivity contribution < 1.29 is 27.5 Å². The van der Waals surface area contributed by atoms with Gasteiger partial charge in [0.05, 0.1) is 5.56 Å². The third-order valence-electron chi connectivity index (χ3n) is 2.15. The lowest BCUT2D eigenvalue weighted by atomic mass is 10.0. The Bertz CT molecular complexity index is 494. The predicted octanol–water partition coefficient (Wildman–Crippen LogP) is 3.49. The number of alkyl halides is 5. The van der Waals surface area contributed by atoms with Crippen molar-refractivity contribution >= 4 is 17.6 Å². The topological polar surface area (TPSA) is 50.2 Å². The molecule has 3 nitrogen and oxygen atoms in total. The van der Waals surface area contributed by atoms with Crippen LogP contribution in [0, 0.1) is 6.92 Å². The van der Waals surface area contributed by atoms with E-state index in [4.69, 9.17) is 16.7 Å². The number of carbonyl (C=O) groups is 1. The van der Waals surface area contributed by atoms with E-state index in [1.165, 1.54) is 0 Å². The van der Waals surface area contributed by atoms with Gasteiger partial charge in [-0.3, -0.25) is 0 Å². The molecule has 0 aliphatic rings. The van der Waals surface area contributed by atoms with E-state index in [1.54, 1.807) is 0 Å². The Morgan fingerprint density at radius 3 is 2.22 bits per heavy atom. The van der Waals surface area contributed by atoms with E-state index in [0.29, 0.717) is 6.92 Å². The summed E-state index contributed by atoms with van der Waals surface area (Å²) in [6.07, 6.45) is 0. The van der Waals surface area contributed by atoms with Crippen LogP contribution in [-0.4, -0.2) is 16.1 Å². The van der Waals surface area contributed by atoms with Gasteiger partial charge in [-0.25, -0.2) is 9.78 Å². The molecule has 0 atom stereocenters. The molecule has 0 radical (unpaired) electrons. The maximum atomic E-state index is 13.0. The molecule has 0 aromatic carbocycles. The van der Waals surface area contributed by atoms with Gasteiger partial charge in [0.25, 0.3) is 5.92 Å². The molecule has 0 unspecified atom stereocenters. The van der Waals surface area contributed by atoms with Crippen LogP contribution >= 0.6 is 11.6 Å². The SMILES string of the molecule is Cc1cc(C(C)(F)F)nc(C(F)(F)Cl)c1C(=O)O. The van der Waals surface area contributed by atoms with E-state index in [1.807, 2.05) is 0 Å². The molecule has 0 saturated heterocycles. The van der Waals surface area contributed by atoms with Gasteiger partial charge < -0.3 is 5.11 Å². The van der Waals surface area contributed by atoms with Crippen LogP contribution in [-0.2, 0) is 11.3 Å². The number of aryl methyl sites for hydroxylation is 1. The van der Waals surface area contributed by atoms with Crippen molar-refractivity contribution in [3.05, 3.63) is 28.6 Å². The molecule has 0 fully saturated rings. The first kappa shape index (κ1) is 14.7. The number of pyridine rings is 1. The van der Waals surface area contributed by atoms with E-state index < -0.39 is 34.2 Å². The Labute approximate surface area is 104 Å². The van der Waals surface area contributed by atoms with E-state index in [0.717, 1.165) is 13.0 Å². The second-order valence-electron chi connectivity index (χ2n) is 3.74. The highest BCUT2D eigenvalue weighted by Gasteiger charge is 2.39. The van der Waals surface area contributed by atoms with E-state index in [2.05, 4.69) is 4.98 Å². The zero-order chi connectivity index (χ0) is 14.3. The van der Waals surface area contributed by atoms with Crippen LogP contribution in [0.15, 0.2) is 6.07 Å². The number of hydrogen-bond donors (Lipinski definition) is 1. The van der Waals surface area contributed by atoms with Crippen molar-refractivity contribution in [1.82, 2.24) is 4.98 Å². The Morgan fingerprint density at radius 1 is 1.39 bits per heavy atom. The van der Waals surface area contributed by atoms with Gasteiger partial charge in [-0.15, -0.1) is 0 Å². The first-order valence-corrected chi connectivity index (χ1v) is 5.03. The van der Waals surface area contributed by atoms with Gasteiger partial charge in [0.1, 0.15) is 11.4 Å². The van der Waals surface area contributed by atoms with Gasteiger partial charge in [-0.2, -0.15) is 17.6 Å². The summed E-state index contributed by atoms with van der Waals surface area (Å²) in [5.41, 5.74) is -3.47. The lowest BCUT2D eigenvalue weighted by molar-refractivity contribution is 0.0107. The van der Waals surface area contributed by atoms with Crippen LogP contribution in [0.25, 0.3) is 0 Å². The second kappa shape index (κ2) is 4.38. The van der Waals surface area contributed by atoms with E-state index >= 15 is 0 Å². The molecule has 1 aromatic rings. The van der Waals surface area contributed by atoms with Gasteiger partial charge in [0.2, 0.25) is 0 Å². The molecule has 0 aliphatic carbocycles. The van der Waals surface area contributed by atoms with Gasteiger partial charge in [-0.1, -0.05) is 0 Å². The number of halogens is 5. The first-order valence-electron chi connectivity index (χ1n) is 4.65. The molecule has 1 heterocycles. The van der Waals surface area contributed by atoms with Crippen LogP contribution in [0.1, 0.15) is 34.2 Å². The fraction of sp³-hybridized carbons (Fsp3) is 0.400. The zero-order valence-corrected chi connectivity index (χ0v) is 10.0. The highest BCUT2D eigenvalue weighted by molar-refractivity contribution is 6.22. The van der Waals surface area contributed by atoms with E-state index in [-0.39, 0.29) is 5.56 Å². The summed E-state index contributed by atoms with van der Waals surface area (Å²) in [7, 11) is 0. The maximum absolute atomic E-state index is 13.0. The normalized spacial score (nSPS) is 12.6. The summed E-state index contributed by atoms with van der Waals surface area (Å²) < 4.78 is 52.1. The highest BCUT2D eigenvalue weighted by atomic mass is 35.5. The molecule has 0 spiro atoms. The van der Waals surface area contributed by atoms with Gasteiger partial charge >= 0.3 is 11.4 Å². The average Bonchev–Trinajstić information content (AvgIpc) is 2.12. The average molecular weight is 286 g/mol. The molecule has 1 aromatic heterocycles. The number of rotatable bonds is 3. The van der Waals surface area contributed by atoms with Gasteiger partial charge in [0, 0.05) is 6.92 Å². The minimum absolute atomic E-state index is 0.260. The molecular formula is C10H8ClF4NO2. The summed E-state index contributed by atoms with van der Waals surface area (Å²) in [6, 6.07) is 0.746. The Morgan fingerprint density at radius 2 is 1.89 bits per heavy atom. The maximum Gasteiger partial charge on any atom is 0.365 e. The second-order valence-corrected chi connectivity index (χ2v) is 4.21. The number of carboxylic acids is 1. The number of carboxylic acid groups (broad SMARTS) is 1. The number of aromatic nitrogens is 1. The standard InChI is InChI=1S/C10H8ClF4NO2/c1-4-3-5(9(2,12)13)16-7(10(11,14)15)6(4)8(17)18/h3H,1-2H3,(H,17,18). The predicted molar refractivity (Wildman–Crippen MR) is 55.2 cm³/mol. The summed E-state index contributed by atoms with van der Waals surface area (Å²) in [6.45, 7) is 1.58. The lowest BCUT2D eigenvalue weighted by Crippen LogP contribution is -2.21. The molecular weight excluding hydrogens is 278 g/mol. The number of hydrogen-bond acceptors (Lipinski definition) is 2. The minimum atomic E-state index is -4.14. The molecule has 0 amide bonds. The van der Waals surface area contributed by atoms with Crippen molar-refractivity contribution in [3.63, 3.8) is 0 Å². The summed E-state index contributed by atoms with van der Waals surface area (Å²) in [4.78, 5) is 13.8. The Balaban J connectivity index is 3.64. The monoisotopic (exact) mass is 285 g/mol. The van der Waals surface area contributed by atoms with Gasteiger partial charge in [-0.05, 0) is 30.2 Å². The zero-order valence-electron chi connectivity index (χ0n) is 9.27. The van der Waals surface area contributed by atoms with Crippen LogP contribution in [0.2, 0.25) is 0 Å². The van der Waals surface area contributed by atoms with Crippen molar-refractivity contribution in [3.8, 4) is 0 Å². The third-order valence-corrected chi connectivity index (χ3v) is 2.33. The van der Waals surface area contributed by atoms with Crippen LogP contribution < -0.4 is 0 Å². The highest BCUT2D eigenvalue weighted by Crippen LogP contribution is 2.37. The quantitative estimate of drug-likeness (QED) is 0.683. The molecule has 0 saturated carbocycles. The third kappa shape index (κ3) is 2.90. The van der Waals surface area contributed by atoms with Crippen molar-refractivity contribution in [1.29, 1.82) is 0 Å². The fourth-order valence-electron chi connectivity index (χ4n) is 1.37. The molecule has 8 heteroatoms. The lowest BCUT2D eigenvalue weighted by Gasteiger charge is -2.17. The summed E-state index contributed by atoms with van der Waals surface area (Å²) >= 11 is 4.70. The minimum Gasteiger partial charge on any atom is -0.478 e. The molecule has 0 aliphatic heterocycles. The Hall–Kier alpha value is -1.37. The molecule has 18 heavy (non-hydrogen) atoms. The molecule has 1 rings (SSSR count). The first-order chi connectivity index (χ1) is 7.94. The van der Waals surface area contributed by atoms with Crippen molar-refractivity contribution in [2.45, 2.75) is 25.2 Å². The summed E-state index contributed by atoms with van der Waals surface area (Å²) in [5, 5.41) is 4.64. The fourth-order valence-corrected chi connectivity index (χ4v) is 1.51.